The van der Waals surface area contributed by atoms with Gasteiger partial charge in [-0.05, 0) is 42.7 Å². The SMILES string of the molecule is COc1cccc(C2CCCN2C(=O)c2csc(NS(=O)(=O)c3ccccc3)n2)c1. The number of amides is 1. The van der Waals surface area contributed by atoms with Crippen molar-refractivity contribution in [1.29, 1.82) is 0 Å². The minimum Gasteiger partial charge on any atom is -0.497 e. The highest BCUT2D eigenvalue weighted by Crippen LogP contribution is 2.35. The van der Waals surface area contributed by atoms with Gasteiger partial charge in [0.2, 0.25) is 0 Å². The number of hydrogen-bond acceptors (Lipinski definition) is 6. The molecule has 0 bridgehead atoms. The van der Waals surface area contributed by atoms with Crippen molar-refractivity contribution < 1.29 is 17.9 Å². The zero-order valence-corrected chi connectivity index (χ0v) is 17.9. The van der Waals surface area contributed by atoms with Crippen molar-refractivity contribution >= 4 is 32.4 Å². The Labute approximate surface area is 179 Å². The van der Waals surface area contributed by atoms with Crippen molar-refractivity contribution in [2.75, 3.05) is 18.4 Å². The lowest BCUT2D eigenvalue weighted by Gasteiger charge is -2.24. The van der Waals surface area contributed by atoms with Crippen LogP contribution in [0.3, 0.4) is 0 Å². The maximum atomic E-state index is 13.1. The van der Waals surface area contributed by atoms with Crippen LogP contribution in [0.4, 0.5) is 5.13 Å². The number of methoxy groups -OCH3 is 1. The van der Waals surface area contributed by atoms with Crippen molar-refractivity contribution in [2.24, 2.45) is 0 Å². The third-order valence-electron chi connectivity index (χ3n) is 4.99. The van der Waals surface area contributed by atoms with Crippen LogP contribution in [0.15, 0.2) is 64.9 Å². The number of ether oxygens (including phenoxy) is 1. The number of thiazole rings is 1. The zero-order chi connectivity index (χ0) is 21.1. The van der Waals surface area contributed by atoms with Crippen LogP contribution in [0.25, 0.3) is 0 Å². The van der Waals surface area contributed by atoms with Gasteiger partial charge >= 0.3 is 0 Å². The summed E-state index contributed by atoms with van der Waals surface area (Å²) in [5.41, 5.74) is 1.25. The number of carbonyl (C=O) groups is 1. The Balaban J connectivity index is 1.52. The molecule has 1 N–H and O–H groups in total. The number of hydrogen-bond donors (Lipinski definition) is 1. The number of benzene rings is 2. The average molecular weight is 444 g/mol. The first-order valence-corrected chi connectivity index (χ1v) is 11.8. The van der Waals surface area contributed by atoms with Crippen molar-refractivity contribution in [3.8, 4) is 5.75 Å². The van der Waals surface area contributed by atoms with Crippen LogP contribution in [0, 0.1) is 0 Å². The van der Waals surface area contributed by atoms with Crippen molar-refractivity contribution in [3.05, 3.63) is 71.2 Å². The van der Waals surface area contributed by atoms with Gasteiger partial charge in [0, 0.05) is 11.9 Å². The van der Waals surface area contributed by atoms with Crippen LogP contribution in [-0.2, 0) is 10.0 Å². The number of nitrogens with zero attached hydrogens (tertiary/aromatic N) is 2. The lowest BCUT2D eigenvalue weighted by molar-refractivity contribution is 0.0730. The number of carbonyl (C=O) groups excluding carboxylic acids is 1. The highest BCUT2D eigenvalue weighted by atomic mass is 32.2. The molecule has 9 heteroatoms. The van der Waals surface area contributed by atoms with Crippen LogP contribution in [0.2, 0.25) is 0 Å². The predicted octanol–water partition coefficient (Wildman–Crippen LogP) is 3.93. The van der Waals surface area contributed by atoms with E-state index < -0.39 is 10.0 Å². The summed E-state index contributed by atoms with van der Waals surface area (Å²) in [6.07, 6.45) is 1.75. The number of likely N-dealkylation sites (tertiary alicyclic amines) is 1. The minimum atomic E-state index is -3.75. The first-order valence-electron chi connectivity index (χ1n) is 9.46. The molecule has 7 nitrogen and oxygen atoms in total. The van der Waals surface area contributed by atoms with Gasteiger partial charge in [-0.3, -0.25) is 9.52 Å². The molecule has 1 aliphatic heterocycles. The second-order valence-electron chi connectivity index (χ2n) is 6.89. The molecule has 30 heavy (non-hydrogen) atoms. The fourth-order valence-electron chi connectivity index (χ4n) is 3.54. The van der Waals surface area contributed by atoms with E-state index in [2.05, 4.69) is 9.71 Å². The first kappa shape index (κ1) is 20.4. The third-order valence-corrected chi connectivity index (χ3v) is 7.23. The van der Waals surface area contributed by atoms with Crippen molar-refractivity contribution in [2.45, 2.75) is 23.8 Å². The van der Waals surface area contributed by atoms with Gasteiger partial charge in [0.1, 0.15) is 11.4 Å². The van der Waals surface area contributed by atoms with E-state index in [-0.39, 0.29) is 27.7 Å². The van der Waals surface area contributed by atoms with E-state index in [1.54, 1.807) is 35.6 Å². The highest BCUT2D eigenvalue weighted by molar-refractivity contribution is 7.93. The summed E-state index contributed by atoms with van der Waals surface area (Å²) in [5.74, 6) is 0.541. The molecule has 156 valence electrons. The second-order valence-corrected chi connectivity index (χ2v) is 9.43. The summed E-state index contributed by atoms with van der Waals surface area (Å²) in [6, 6.07) is 15.7. The Morgan fingerprint density at radius 3 is 2.77 bits per heavy atom. The molecule has 0 radical (unpaired) electrons. The second kappa shape index (κ2) is 8.45. The summed E-state index contributed by atoms with van der Waals surface area (Å²) >= 11 is 1.09. The van der Waals surface area contributed by atoms with E-state index in [0.29, 0.717) is 6.54 Å². The van der Waals surface area contributed by atoms with E-state index in [0.717, 1.165) is 35.5 Å². The average Bonchev–Trinajstić information content (AvgIpc) is 3.43. The molecule has 2 heterocycles. The Morgan fingerprint density at radius 2 is 2.00 bits per heavy atom. The predicted molar refractivity (Wildman–Crippen MR) is 115 cm³/mol. The van der Waals surface area contributed by atoms with Gasteiger partial charge in [-0.2, -0.15) is 0 Å². The van der Waals surface area contributed by atoms with Crippen LogP contribution in [-0.4, -0.2) is 37.9 Å². The smallest absolute Gasteiger partial charge is 0.273 e. The summed E-state index contributed by atoms with van der Waals surface area (Å²) < 4.78 is 32.7. The Morgan fingerprint density at radius 1 is 1.20 bits per heavy atom. The standard InChI is InChI=1S/C21H21N3O4S2/c1-28-16-8-5-7-15(13-16)19-11-6-12-24(19)20(25)18-14-29-21(22-18)23-30(26,27)17-9-3-2-4-10-17/h2-5,7-10,13-14,19H,6,11-12H2,1H3,(H,22,23). The lowest BCUT2D eigenvalue weighted by Crippen LogP contribution is -2.30. The lowest BCUT2D eigenvalue weighted by atomic mass is 10.0. The normalized spacial score (nSPS) is 16.4. The number of rotatable bonds is 6. The molecule has 1 aliphatic rings. The molecule has 3 aromatic rings. The van der Waals surface area contributed by atoms with Crippen molar-refractivity contribution in [3.63, 3.8) is 0 Å². The Hall–Kier alpha value is -2.91. The summed E-state index contributed by atoms with van der Waals surface area (Å²) in [5, 5.41) is 1.76. The largest absolute Gasteiger partial charge is 0.497 e. The first-order chi connectivity index (χ1) is 14.5. The molecule has 0 saturated carbocycles. The van der Waals surface area contributed by atoms with E-state index in [1.807, 2.05) is 24.3 Å². The molecular weight excluding hydrogens is 422 g/mol. The third kappa shape index (κ3) is 4.17. The van der Waals surface area contributed by atoms with Gasteiger partial charge in [-0.1, -0.05) is 30.3 Å². The number of sulfonamides is 1. The number of aromatic nitrogens is 1. The van der Waals surface area contributed by atoms with E-state index in [9.17, 15) is 13.2 Å². The topological polar surface area (TPSA) is 88.6 Å². The van der Waals surface area contributed by atoms with Gasteiger partial charge in [-0.25, -0.2) is 13.4 Å². The molecule has 1 fully saturated rings. The Kier molecular flexibility index (Phi) is 5.74. The summed E-state index contributed by atoms with van der Waals surface area (Å²) in [6.45, 7) is 0.628. The van der Waals surface area contributed by atoms with Gasteiger partial charge in [-0.15, -0.1) is 11.3 Å². The van der Waals surface area contributed by atoms with Crippen LogP contribution in [0.5, 0.6) is 5.75 Å². The van der Waals surface area contributed by atoms with Gasteiger partial charge in [0.25, 0.3) is 15.9 Å². The van der Waals surface area contributed by atoms with Crippen LogP contribution >= 0.6 is 11.3 Å². The monoisotopic (exact) mass is 443 g/mol. The number of anilines is 1. The van der Waals surface area contributed by atoms with E-state index in [4.69, 9.17) is 4.74 Å². The molecule has 2 aromatic carbocycles. The molecule has 1 atom stereocenters. The maximum absolute atomic E-state index is 13.1. The molecular formula is C21H21N3O4S2. The fraction of sp³-hybridized carbons (Fsp3) is 0.238. The van der Waals surface area contributed by atoms with Crippen LogP contribution < -0.4 is 9.46 Å². The van der Waals surface area contributed by atoms with Gasteiger partial charge < -0.3 is 9.64 Å². The van der Waals surface area contributed by atoms with Crippen molar-refractivity contribution in [1.82, 2.24) is 9.88 Å². The molecule has 4 rings (SSSR count). The van der Waals surface area contributed by atoms with Gasteiger partial charge in [0.05, 0.1) is 18.0 Å². The van der Waals surface area contributed by atoms with Crippen LogP contribution in [0.1, 0.15) is 34.9 Å². The molecule has 1 amide bonds. The summed E-state index contributed by atoms with van der Waals surface area (Å²) in [4.78, 5) is 19.3. The quantitative estimate of drug-likeness (QED) is 0.624. The maximum Gasteiger partial charge on any atom is 0.273 e. The highest BCUT2D eigenvalue weighted by Gasteiger charge is 2.32. The summed E-state index contributed by atoms with van der Waals surface area (Å²) in [7, 11) is -2.13. The van der Waals surface area contributed by atoms with E-state index in [1.165, 1.54) is 12.1 Å². The molecule has 1 aromatic heterocycles. The Bertz CT molecular complexity index is 1150. The fourth-order valence-corrected chi connectivity index (χ4v) is 5.50. The molecule has 1 saturated heterocycles. The number of nitrogens with one attached hydrogen (secondary N) is 1. The van der Waals surface area contributed by atoms with E-state index >= 15 is 0 Å². The zero-order valence-electron chi connectivity index (χ0n) is 16.3. The molecule has 0 spiro atoms. The minimum absolute atomic E-state index is 0.0567. The molecule has 0 aliphatic carbocycles. The van der Waals surface area contributed by atoms with Gasteiger partial charge in [0.15, 0.2) is 5.13 Å². The molecule has 1 unspecified atom stereocenters.